The number of rotatable bonds is 4. The largest absolute Gasteiger partial charge is 0.477 e. The van der Waals surface area contributed by atoms with Crippen LogP contribution in [0.4, 0.5) is 0 Å². The van der Waals surface area contributed by atoms with Gasteiger partial charge in [0.15, 0.2) is 0 Å². The second-order valence-electron chi connectivity index (χ2n) is 6.33. The van der Waals surface area contributed by atoms with Gasteiger partial charge in [-0.3, -0.25) is 0 Å². The molecule has 0 aromatic heterocycles. The van der Waals surface area contributed by atoms with Crippen molar-refractivity contribution < 1.29 is 9.90 Å². The lowest BCUT2D eigenvalue weighted by atomic mass is 10.0. The van der Waals surface area contributed by atoms with Gasteiger partial charge in [-0.05, 0) is 46.5 Å². The molecule has 1 N–H and O–H groups in total. The van der Waals surface area contributed by atoms with Crippen molar-refractivity contribution in [2.45, 2.75) is 9.79 Å². The van der Waals surface area contributed by atoms with E-state index in [2.05, 4.69) is 54.6 Å². The van der Waals surface area contributed by atoms with Gasteiger partial charge >= 0.3 is 5.97 Å². The third-order valence-corrected chi connectivity index (χ3v) is 6.79. The third kappa shape index (κ3) is 4.45. The van der Waals surface area contributed by atoms with Gasteiger partial charge in [0.05, 0.1) is 4.24 Å². The maximum absolute atomic E-state index is 10.9. The van der Waals surface area contributed by atoms with E-state index in [1.54, 1.807) is 29.6 Å². The highest BCUT2D eigenvalue weighted by atomic mass is 32.2. The number of benzene rings is 3. The minimum Gasteiger partial charge on any atom is -0.477 e. The summed E-state index contributed by atoms with van der Waals surface area (Å²) in [6.45, 7) is 0. The standard InChI is InChI=1S/C24H15NO2S2/c25-15-20(24(26)27)13-16-5-9-18(10-6-16)19-11-7-17(8-12-19)14-23-28-21-3-1-2-4-22(21)29-23/h1-14H,(H,26,27)/b20-13-. The molecule has 0 spiro atoms. The number of nitriles is 1. The highest BCUT2D eigenvalue weighted by molar-refractivity contribution is 8.24. The van der Waals surface area contributed by atoms with Gasteiger partial charge in [-0.25, -0.2) is 4.79 Å². The molecule has 5 heteroatoms. The first-order valence-electron chi connectivity index (χ1n) is 8.84. The van der Waals surface area contributed by atoms with E-state index in [9.17, 15) is 4.79 Å². The Morgan fingerprint density at radius 2 is 1.34 bits per heavy atom. The summed E-state index contributed by atoms with van der Waals surface area (Å²) in [5, 5.41) is 17.8. The summed E-state index contributed by atoms with van der Waals surface area (Å²) < 4.78 is 1.27. The van der Waals surface area contributed by atoms with E-state index >= 15 is 0 Å². The maximum atomic E-state index is 10.9. The van der Waals surface area contributed by atoms with Gasteiger partial charge < -0.3 is 5.11 Å². The molecule has 3 aromatic carbocycles. The molecule has 4 rings (SSSR count). The molecule has 0 amide bonds. The number of nitrogens with zero attached hydrogens (tertiary/aromatic N) is 1. The predicted octanol–water partition coefficient (Wildman–Crippen LogP) is 6.54. The number of carboxylic acids is 1. The van der Waals surface area contributed by atoms with E-state index in [1.165, 1.54) is 20.1 Å². The molecule has 0 atom stereocenters. The Balaban J connectivity index is 1.49. The van der Waals surface area contributed by atoms with Gasteiger partial charge in [-0.1, -0.05) is 84.2 Å². The predicted molar refractivity (Wildman–Crippen MR) is 119 cm³/mol. The lowest BCUT2D eigenvalue weighted by Gasteiger charge is -2.04. The molecule has 1 aliphatic rings. The molecule has 0 aliphatic carbocycles. The number of fused-ring (bicyclic) bond motifs is 1. The molecule has 3 nitrogen and oxygen atoms in total. The Kier molecular flexibility index (Phi) is 5.57. The van der Waals surface area contributed by atoms with Crippen molar-refractivity contribution in [1.29, 1.82) is 5.26 Å². The molecular formula is C24H15NO2S2. The first kappa shape index (κ1) is 19.1. The summed E-state index contributed by atoms with van der Waals surface area (Å²) in [6.07, 6.45) is 3.57. The van der Waals surface area contributed by atoms with Crippen molar-refractivity contribution >= 4 is 41.6 Å². The Morgan fingerprint density at radius 3 is 1.83 bits per heavy atom. The summed E-state index contributed by atoms with van der Waals surface area (Å²) in [6, 6.07) is 25.9. The van der Waals surface area contributed by atoms with Gasteiger partial charge in [0, 0.05) is 9.79 Å². The zero-order valence-corrected chi connectivity index (χ0v) is 16.8. The monoisotopic (exact) mass is 413 g/mol. The summed E-state index contributed by atoms with van der Waals surface area (Å²) in [5.74, 6) is -1.22. The number of hydrogen-bond acceptors (Lipinski definition) is 4. The van der Waals surface area contributed by atoms with Crippen molar-refractivity contribution in [2.24, 2.45) is 0 Å². The van der Waals surface area contributed by atoms with Crippen LogP contribution >= 0.6 is 23.5 Å². The SMILES string of the molecule is N#C/C(=C/c1ccc(-c2ccc(C=C3Sc4ccccc4S3)cc2)cc1)C(=O)O. The number of aliphatic carboxylic acids is 1. The zero-order valence-electron chi connectivity index (χ0n) is 15.2. The minimum atomic E-state index is -1.22. The van der Waals surface area contributed by atoms with Gasteiger partial charge in [0.2, 0.25) is 0 Å². The van der Waals surface area contributed by atoms with Crippen molar-refractivity contribution in [3.8, 4) is 17.2 Å². The lowest BCUT2D eigenvalue weighted by molar-refractivity contribution is -0.132. The molecule has 0 unspecified atom stereocenters. The molecule has 140 valence electrons. The van der Waals surface area contributed by atoms with Crippen molar-refractivity contribution in [3.05, 3.63) is 93.7 Å². The fourth-order valence-corrected chi connectivity index (χ4v) is 5.31. The number of thioether (sulfide) groups is 2. The van der Waals surface area contributed by atoms with Crippen molar-refractivity contribution in [2.75, 3.05) is 0 Å². The van der Waals surface area contributed by atoms with E-state index in [0.29, 0.717) is 5.56 Å². The van der Waals surface area contributed by atoms with Crippen LogP contribution in [-0.4, -0.2) is 11.1 Å². The molecule has 1 aliphatic heterocycles. The second-order valence-corrected chi connectivity index (χ2v) is 8.76. The van der Waals surface area contributed by atoms with Crippen LogP contribution in [0.2, 0.25) is 0 Å². The Bertz CT molecular complexity index is 1140. The zero-order chi connectivity index (χ0) is 20.2. The second kappa shape index (κ2) is 8.44. The molecule has 3 aromatic rings. The first-order valence-corrected chi connectivity index (χ1v) is 10.5. The van der Waals surface area contributed by atoms with Crippen LogP contribution in [0.5, 0.6) is 0 Å². The van der Waals surface area contributed by atoms with Crippen LogP contribution < -0.4 is 0 Å². The highest BCUT2D eigenvalue weighted by Crippen LogP contribution is 2.51. The summed E-state index contributed by atoms with van der Waals surface area (Å²) >= 11 is 3.59. The van der Waals surface area contributed by atoms with Gasteiger partial charge in [-0.2, -0.15) is 5.26 Å². The van der Waals surface area contributed by atoms with Crippen LogP contribution in [0, 0.1) is 11.3 Å². The van der Waals surface area contributed by atoms with Gasteiger partial charge in [0.25, 0.3) is 0 Å². The summed E-state index contributed by atoms with van der Waals surface area (Å²) in [5.41, 5.74) is 3.67. The van der Waals surface area contributed by atoms with Gasteiger partial charge in [0.1, 0.15) is 11.6 Å². The normalized spacial score (nSPS) is 12.9. The summed E-state index contributed by atoms with van der Waals surface area (Å²) in [4.78, 5) is 13.6. The molecule has 0 radical (unpaired) electrons. The van der Waals surface area contributed by atoms with Gasteiger partial charge in [-0.15, -0.1) is 0 Å². The number of carbonyl (C=O) groups is 1. The van der Waals surface area contributed by atoms with Crippen LogP contribution in [0.1, 0.15) is 11.1 Å². The smallest absolute Gasteiger partial charge is 0.346 e. The van der Waals surface area contributed by atoms with Crippen LogP contribution in [-0.2, 0) is 4.79 Å². The van der Waals surface area contributed by atoms with E-state index in [0.717, 1.165) is 16.7 Å². The Hall–Kier alpha value is -3.20. The van der Waals surface area contributed by atoms with Crippen LogP contribution in [0.25, 0.3) is 23.3 Å². The molecule has 0 bridgehead atoms. The quantitative estimate of drug-likeness (QED) is 0.389. The number of carboxylic acid groups (broad SMARTS) is 1. The van der Waals surface area contributed by atoms with E-state index in [4.69, 9.17) is 10.4 Å². The maximum Gasteiger partial charge on any atom is 0.346 e. The van der Waals surface area contributed by atoms with Crippen LogP contribution in [0.15, 0.2) is 92.4 Å². The topological polar surface area (TPSA) is 61.1 Å². The molecule has 0 saturated carbocycles. The van der Waals surface area contributed by atoms with Crippen LogP contribution in [0.3, 0.4) is 0 Å². The lowest BCUT2D eigenvalue weighted by Crippen LogP contribution is -1.97. The average molecular weight is 414 g/mol. The Morgan fingerprint density at radius 1 is 0.828 bits per heavy atom. The molecule has 0 fully saturated rings. The van der Waals surface area contributed by atoms with E-state index in [1.807, 2.05) is 24.3 Å². The summed E-state index contributed by atoms with van der Waals surface area (Å²) in [7, 11) is 0. The molecular weight excluding hydrogens is 398 g/mol. The average Bonchev–Trinajstić information content (AvgIpc) is 3.15. The molecule has 0 saturated heterocycles. The van der Waals surface area contributed by atoms with Crippen molar-refractivity contribution in [1.82, 2.24) is 0 Å². The first-order chi connectivity index (χ1) is 14.1. The minimum absolute atomic E-state index is 0.278. The fourth-order valence-electron chi connectivity index (χ4n) is 2.90. The number of hydrogen-bond donors (Lipinski definition) is 1. The highest BCUT2D eigenvalue weighted by Gasteiger charge is 2.16. The van der Waals surface area contributed by atoms with E-state index < -0.39 is 5.97 Å². The fraction of sp³-hybridized carbons (Fsp3) is 0. The third-order valence-electron chi connectivity index (χ3n) is 4.37. The Labute approximate surface area is 177 Å². The molecule has 1 heterocycles. The van der Waals surface area contributed by atoms with E-state index in [-0.39, 0.29) is 5.57 Å². The molecule has 29 heavy (non-hydrogen) atoms. The van der Waals surface area contributed by atoms with Crippen molar-refractivity contribution in [3.63, 3.8) is 0 Å².